The molecule has 0 aliphatic heterocycles. The van der Waals surface area contributed by atoms with Crippen molar-refractivity contribution >= 4 is 5.91 Å². The molecule has 2 atom stereocenters. The summed E-state index contributed by atoms with van der Waals surface area (Å²) in [5, 5.41) is 21.2. The topological polar surface area (TPSA) is 95.6 Å². The number of carbonyl (C=O) groups is 1. The van der Waals surface area contributed by atoms with E-state index >= 15 is 0 Å². The van der Waals surface area contributed by atoms with Gasteiger partial charge in [0.15, 0.2) is 11.5 Å². The molecule has 0 saturated heterocycles. The third-order valence-corrected chi connectivity index (χ3v) is 2.82. The Morgan fingerprint density at radius 1 is 1.35 bits per heavy atom. The van der Waals surface area contributed by atoms with Gasteiger partial charge < -0.3 is 21.3 Å². The summed E-state index contributed by atoms with van der Waals surface area (Å²) in [5.74, 6) is -0.681. The largest absolute Gasteiger partial charge is 0.504 e. The number of hydrogen-bond acceptors (Lipinski definition) is 4. The van der Waals surface area contributed by atoms with Crippen molar-refractivity contribution in [1.29, 1.82) is 0 Å². The van der Waals surface area contributed by atoms with Gasteiger partial charge in [0.2, 0.25) is 0 Å². The number of benzene rings is 1. The lowest BCUT2D eigenvalue weighted by Gasteiger charge is -2.19. The molecule has 0 radical (unpaired) electrons. The Morgan fingerprint density at radius 2 is 2.00 bits per heavy atom. The number of phenolic OH excluding ortho intramolecular Hbond substituents is 2. The van der Waals surface area contributed by atoms with E-state index in [4.69, 9.17) is 10.8 Å². The van der Waals surface area contributed by atoms with Crippen LogP contribution in [0.3, 0.4) is 0 Å². The van der Waals surface area contributed by atoms with Gasteiger partial charge in [-0.1, -0.05) is 6.92 Å². The SMILES string of the molecule is CC(CN)C(C)NC(=O)c1ccc(O)c(O)c1. The molecule has 5 heteroatoms. The van der Waals surface area contributed by atoms with Crippen LogP contribution < -0.4 is 11.1 Å². The molecule has 1 rings (SSSR count). The normalized spacial score (nSPS) is 14.1. The Morgan fingerprint density at radius 3 is 2.53 bits per heavy atom. The van der Waals surface area contributed by atoms with Crippen molar-refractivity contribution in [2.75, 3.05) is 6.54 Å². The molecule has 5 N–H and O–H groups in total. The first kappa shape index (κ1) is 13.3. The van der Waals surface area contributed by atoms with Gasteiger partial charge in [-0.2, -0.15) is 0 Å². The highest BCUT2D eigenvalue weighted by Crippen LogP contribution is 2.24. The minimum Gasteiger partial charge on any atom is -0.504 e. The highest BCUT2D eigenvalue weighted by Gasteiger charge is 2.15. The van der Waals surface area contributed by atoms with E-state index in [-0.39, 0.29) is 29.4 Å². The van der Waals surface area contributed by atoms with Crippen LogP contribution in [-0.2, 0) is 0 Å². The smallest absolute Gasteiger partial charge is 0.251 e. The number of carbonyl (C=O) groups excluding carboxylic acids is 1. The summed E-state index contributed by atoms with van der Waals surface area (Å²) in [6.45, 7) is 4.30. The highest BCUT2D eigenvalue weighted by molar-refractivity contribution is 5.95. The van der Waals surface area contributed by atoms with Gasteiger partial charge in [0.25, 0.3) is 5.91 Å². The zero-order valence-corrected chi connectivity index (χ0v) is 9.97. The Bertz CT molecular complexity index is 407. The lowest BCUT2D eigenvalue weighted by molar-refractivity contribution is 0.0929. The molecule has 0 spiro atoms. The number of aromatic hydroxyl groups is 2. The van der Waals surface area contributed by atoms with Crippen LogP contribution >= 0.6 is 0 Å². The maximum atomic E-state index is 11.8. The maximum absolute atomic E-state index is 11.8. The standard InChI is InChI=1S/C12H18N2O3/c1-7(6-13)8(2)14-12(17)9-3-4-10(15)11(16)5-9/h3-5,7-8,15-16H,6,13H2,1-2H3,(H,14,17). The number of amides is 1. The van der Waals surface area contributed by atoms with Crippen LogP contribution in [0.1, 0.15) is 24.2 Å². The Kier molecular flexibility index (Phi) is 4.34. The van der Waals surface area contributed by atoms with Gasteiger partial charge in [0, 0.05) is 11.6 Å². The third-order valence-electron chi connectivity index (χ3n) is 2.82. The molecule has 17 heavy (non-hydrogen) atoms. The van der Waals surface area contributed by atoms with Gasteiger partial charge in [-0.3, -0.25) is 4.79 Å². The van der Waals surface area contributed by atoms with Crippen molar-refractivity contribution in [2.24, 2.45) is 11.7 Å². The number of nitrogens with one attached hydrogen (secondary N) is 1. The minimum absolute atomic E-state index is 0.0524. The van der Waals surface area contributed by atoms with Crippen LogP contribution in [0.4, 0.5) is 0 Å². The molecule has 0 aromatic heterocycles. The van der Waals surface area contributed by atoms with Gasteiger partial charge in [-0.05, 0) is 37.6 Å². The molecule has 0 bridgehead atoms. The van der Waals surface area contributed by atoms with E-state index < -0.39 is 0 Å². The maximum Gasteiger partial charge on any atom is 0.251 e. The van der Waals surface area contributed by atoms with E-state index in [9.17, 15) is 9.90 Å². The molecular formula is C12H18N2O3. The van der Waals surface area contributed by atoms with E-state index in [1.807, 2.05) is 13.8 Å². The predicted octanol–water partition coefficient (Wildman–Crippen LogP) is 0.811. The van der Waals surface area contributed by atoms with E-state index in [1.54, 1.807) is 0 Å². The molecule has 94 valence electrons. The van der Waals surface area contributed by atoms with E-state index in [0.717, 1.165) is 0 Å². The Hall–Kier alpha value is -1.75. The first-order valence-electron chi connectivity index (χ1n) is 5.48. The van der Waals surface area contributed by atoms with Crippen LogP contribution in [0, 0.1) is 5.92 Å². The first-order chi connectivity index (χ1) is 7.95. The van der Waals surface area contributed by atoms with Gasteiger partial charge in [0.05, 0.1) is 0 Å². The van der Waals surface area contributed by atoms with Crippen molar-refractivity contribution in [3.8, 4) is 11.5 Å². The molecule has 1 amide bonds. The zero-order chi connectivity index (χ0) is 13.0. The fourth-order valence-electron chi connectivity index (χ4n) is 1.30. The monoisotopic (exact) mass is 238 g/mol. The number of nitrogens with two attached hydrogens (primary N) is 1. The number of rotatable bonds is 4. The quantitative estimate of drug-likeness (QED) is 0.584. The molecule has 1 aromatic carbocycles. The second kappa shape index (κ2) is 5.54. The highest BCUT2D eigenvalue weighted by atomic mass is 16.3. The summed E-state index contributed by atoms with van der Waals surface area (Å²) in [6, 6.07) is 3.90. The summed E-state index contributed by atoms with van der Waals surface area (Å²) in [4.78, 5) is 11.8. The lowest BCUT2D eigenvalue weighted by Crippen LogP contribution is -2.39. The van der Waals surface area contributed by atoms with Crippen LogP contribution in [0.5, 0.6) is 11.5 Å². The average Bonchev–Trinajstić information content (AvgIpc) is 2.31. The first-order valence-corrected chi connectivity index (χ1v) is 5.48. The van der Waals surface area contributed by atoms with Gasteiger partial charge in [0.1, 0.15) is 0 Å². The molecule has 0 aliphatic rings. The molecule has 0 heterocycles. The molecule has 5 nitrogen and oxygen atoms in total. The summed E-state index contributed by atoms with van der Waals surface area (Å²) in [7, 11) is 0. The van der Waals surface area contributed by atoms with Crippen molar-refractivity contribution in [3.63, 3.8) is 0 Å². The van der Waals surface area contributed by atoms with Crippen molar-refractivity contribution in [2.45, 2.75) is 19.9 Å². The summed E-state index contributed by atoms with van der Waals surface area (Å²) in [5.41, 5.74) is 5.81. The van der Waals surface area contributed by atoms with Crippen LogP contribution in [0.25, 0.3) is 0 Å². The fourth-order valence-corrected chi connectivity index (χ4v) is 1.30. The molecule has 0 saturated carbocycles. The average molecular weight is 238 g/mol. The van der Waals surface area contributed by atoms with Crippen LogP contribution in [0.15, 0.2) is 18.2 Å². The van der Waals surface area contributed by atoms with Gasteiger partial charge in [-0.15, -0.1) is 0 Å². The van der Waals surface area contributed by atoms with Crippen molar-refractivity contribution in [3.05, 3.63) is 23.8 Å². The van der Waals surface area contributed by atoms with Gasteiger partial charge in [-0.25, -0.2) is 0 Å². The zero-order valence-electron chi connectivity index (χ0n) is 9.97. The minimum atomic E-state index is -0.308. The third kappa shape index (κ3) is 3.35. The summed E-state index contributed by atoms with van der Waals surface area (Å²) in [6.07, 6.45) is 0. The van der Waals surface area contributed by atoms with Crippen LogP contribution in [-0.4, -0.2) is 28.7 Å². The summed E-state index contributed by atoms with van der Waals surface area (Å²) < 4.78 is 0. The van der Waals surface area contributed by atoms with Gasteiger partial charge >= 0.3 is 0 Å². The van der Waals surface area contributed by atoms with Crippen LogP contribution in [0.2, 0.25) is 0 Å². The van der Waals surface area contributed by atoms with E-state index in [1.165, 1.54) is 18.2 Å². The lowest BCUT2D eigenvalue weighted by atomic mass is 10.0. The number of phenols is 2. The molecular weight excluding hydrogens is 220 g/mol. The molecule has 0 aliphatic carbocycles. The van der Waals surface area contributed by atoms with E-state index in [0.29, 0.717) is 12.1 Å². The Labute approximate surface area is 100 Å². The van der Waals surface area contributed by atoms with Crippen molar-refractivity contribution in [1.82, 2.24) is 5.32 Å². The predicted molar refractivity (Wildman–Crippen MR) is 64.9 cm³/mol. The fraction of sp³-hybridized carbons (Fsp3) is 0.417. The number of hydrogen-bond donors (Lipinski definition) is 4. The molecule has 0 fully saturated rings. The molecule has 1 aromatic rings. The molecule has 2 unspecified atom stereocenters. The summed E-state index contributed by atoms with van der Waals surface area (Å²) >= 11 is 0. The van der Waals surface area contributed by atoms with Crippen molar-refractivity contribution < 1.29 is 15.0 Å². The second-order valence-electron chi connectivity index (χ2n) is 4.18. The van der Waals surface area contributed by atoms with E-state index in [2.05, 4.69) is 5.32 Å². The second-order valence-corrected chi connectivity index (χ2v) is 4.18. The Balaban J connectivity index is 2.73.